The number of piperidine rings is 1. The molecule has 2 heterocycles. The van der Waals surface area contributed by atoms with Crippen molar-refractivity contribution in [2.45, 2.75) is 38.8 Å². The minimum absolute atomic E-state index is 0.330. The number of hydrogen-bond donors (Lipinski definition) is 0. The summed E-state index contributed by atoms with van der Waals surface area (Å²) in [7, 11) is 3.37. The number of rotatable bonds is 5. The largest absolute Gasteiger partial charge is 0.493 e. The fraction of sp³-hybridized carbons (Fsp3) is 0.474. The van der Waals surface area contributed by atoms with Crippen molar-refractivity contribution in [2.24, 2.45) is 0 Å². The van der Waals surface area contributed by atoms with Crippen molar-refractivity contribution in [3.8, 4) is 11.5 Å². The lowest BCUT2D eigenvalue weighted by atomic mass is 9.98. The van der Waals surface area contributed by atoms with Crippen LogP contribution < -0.4 is 9.47 Å². The summed E-state index contributed by atoms with van der Waals surface area (Å²) in [4.78, 5) is 11.4. The minimum Gasteiger partial charge on any atom is -0.493 e. The van der Waals surface area contributed by atoms with Crippen molar-refractivity contribution in [3.05, 3.63) is 47.5 Å². The van der Waals surface area contributed by atoms with Crippen LogP contribution in [0.3, 0.4) is 0 Å². The van der Waals surface area contributed by atoms with Gasteiger partial charge in [-0.25, -0.2) is 9.97 Å². The van der Waals surface area contributed by atoms with E-state index in [1.165, 1.54) is 12.8 Å². The molecule has 5 heteroatoms. The topological polar surface area (TPSA) is 47.5 Å². The van der Waals surface area contributed by atoms with E-state index in [-0.39, 0.29) is 0 Å². The van der Waals surface area contributed by atoms with Gasteiger partial charge in [0.1, 0.15) is 5.82 Å². The first kappa shape index (κ1) is 16.7. The Morgan fingerprint density at radius 2 is 2.04 bits per heavy atom. The van der Waals surface area contributed by atoms with Crippen molar-refractivity contribution in [1.82, 2.24) is 14.9 Å². The van der Waals surface area contributed by atoms with E-state index in [0.29, 0.717) is 6.04 Å². The standard InChI is InChI=1S/C19H25N3O2/c1-14-20-11-10-16(21-14)17-8-4-5-12-22(17)13-15-7-6-9-18(23-2)19(15)24-3/h6-7,9-11,17H,4-5,8,12-13H2,1-3H3/t17-/m0/s1. The predicted octanol–water partition coefficient (Wildman–Crippen LogP) is 3.53. The van der Waals surface area contributed by atoms with Gasteiger partial charge in [-0.2, -0.15) is 0 Å². The van der Waals surface area contributed by atoms with Crippen molar-refractivity contribution in [2.75, 3.05) is 20.8 Å². The number of ether oxygens (including phenoxy) is 2. The molecule has 0 saturated carbocycles. The first-order chi connectivity index (χ1) is 11.7. The molecule has 1 saturated heterocycles. The third kappa shape index (κ3) is 3.51. The quantitative estimate of drug-likeness (QED) is 0.841. The van der Waals surface area contributed by atoms with Gasteiger partial charge < -0.3 is 9.47 Å². The number of benzene rings is 1. The lowest BCUT2D eigenvalue weighted by Crippen LogP contribution is -2.33. The van der Waals surface area contributed by atoms with Crippen LogP contribution in [0.4, 0.5) is 0 Å². The molecule has 0 bridgehead atoms. The molecule has 1 aromatic carbocycles. The van der Waals surface area contributed by atoms with Crippen LogP contribution in [-0.4, -0.2) is 35.6 Å². The molecule has 3 rings (SSSR count). The van der Waals surface area contributed by atoms with Crippen LogP contribution in [0.1, 0.15) is 42.4 Å². The Hall–Kier alpha value is -2.14. The fourth-order valence-corrected chi connectivity index (χ4v) is 3.47. The summed E-state index contributed by atoms with van der Waals surface area (Å²) in [5, 5.41) is 0. The van der Waals surface area contributed by atoms with E-state index in [4.69, 9.17) is 9.47 Å². The first-order valence-electron chi connectivity index (χ1n) is 8.46. The van der Waals surface area contributed by atoms with Gasteiger partial charge in [-0.15, -0.1) is 0 Å². The maximum atomic E-state index is 5.59. The average Bonchev–Trinajstić information content (AvgIpc) is 2.62. The minimum atomic E-state index is 0.330. The molecule has 1 aliphatic rings. The van der Waals surface area contributed by atoms with Gasteiger partial charge in [-0.1, -0.05) is 18.6 Å². The zero-order chi connectivity index (χ0) is 16.9. The number of aryl methyl sites for hydroxylation is 1. The monoisotopic (exact) mass is 327 g/mol. The Morgan fingerprint density at radius 3 is 2.79 bits per heavy atom. The Morgan fingerprint density at radius 1 is 1.17 bits per heavy atom. The molecule has 2 aromatic rings. The number of likely N-dealkylation sites (tertiary alicyclic amines) is 1. The Labute approximate surface area is 143 Å². The molecule has 1 atom stereocenters. The second-order valence-electron chi connectivity index (χ2n) is 6.16. The molecule has 24 heavy (non-hydrogen) atoms. The highest BCUT2D eigenvalue weighted by Crippen LogP contribution is 2.36. The van der Waals surface area contributed by atoms with Crippen molar-refractivity contribution < 1.29 is 9.47 Å². The molecule has 0 N–H and O–H groups in total. The molecule has 0 unspecified atom stereocenters. The number of hydrogen-bond acceptors (Lipinski definition) is 5. The van der Waals surface area contributed by atoms with Gasteiger partial charge in [0.2, 0.25) is 0 Å². The fourth-order valence-electron chi connectivity index (χ4n) is 3.47. The van der Waals surface area contributed by atoms with Crippen LogP contribution in [0.15, 0.2) is 30.5 Å². The van der Waals surface area contributed by atoms with Gasteiger partial charge >= 0.3 is 0 Å². The molecular weight excluding hydrogens is 302 g/mol. The molecule has 128 valence electrons. The maximum absolute atomic E-state index is 5.59. The molecule has 0 spiro atoms. The third-order valence-corrected chi connectivity index (χ3v) is 4.61. The average molecular weight is 327 g/mol. The number of para-hydroxylation sites is 1. The summed E-state index contributed by atoms with van der Waals surface area (Å²) < 4.78 is 11.0. The highest BCUT2D eigenvalue weighted by atomic mass is 16.5. The van der Waals surface area contributed by atoms with Crippen LogP contribution >= 0.6 is 0 Å². The first-order valence-corrected chi connectivity index (χ1v) is 8.46. The van der Waals surface area contributed by atoms with E-state index < -0.39 is 0 Å². The van der Waals surface area contributed by atoms with Gasteiger partial charge in [0.15, 0.2) is 11.5 Å². The SMILES string of the molecule is COc1cccc(CN2CCCC[C@H]2c2ccnc(C)n2)c1OC. The van der Waals surface area contributed by atoms with Crippen LogP contribution in [0.2, 0.25) is 0 Å². The van der Waals surface area contributed by atoms with Crippen molar-refractivity contribution in [1.29, 1.82) is 0 Å². The van der Waals surface area contributed by atoms with Gasteiger partial charge in [-0.3, -0.25) is 4.90 Å². The second-order valence-corrected chi connectivity index (χ2v) is 6.16. The van der Waals surface area contributed by atoms with E-state index in [0.717, 1.165) is 48.1 Å². The van der Waals surface area contributed by atoms with Crippen LogP contribution in [0, 0.1) is 6.92 Å². The zero-order valence-electron chi connectivity index (χ0n) is 14.7. The second kappa shape index (κ2) is 7.62. The van der Waals surface area contributed by atoms with Crippen molar-refractivity contribution in [3.63, 3.8) is 0 Å². The Balaban J connectivity index is 1.87. The summed E-state index contributed by atoms with van der Waals surface area (Å²) >= 11 is 0. The van der Waals surface area contributed by atoms with E-state index in [2.05, 4.69) is 20.9 Å². The molecule has 0 amide bonds. The molecule has 1 aliphatic heterocycles. The molecule has 1 aromatic heterocycles. The smallest absolute Gasteiger partial charge is 0.165 e. The van der Waals surface area contributed by atoms with Crippen LogP contribution in [-0.2, 0) is 6.54 Å². The number of aromatic nitrogens is 2. The normalized spacial score (nSPS) is 18.4. The van der Waals surface area contributed by atoms with E-state index in [9.17, 15) is 0 Å². The number of methoxy groups -OCH3 is 2. The van der Waals surface area contributed by atoms with E-state index in [1.54, 1.807) is 14.2 Å². The van der Waals surface area contributed by atoms with Crippen LogP contribution in [0.5, 0.6) is 11.5 Å². The highest BCUT2D eigenvalue weighted by molar-refractivity contribution is 5.46. The Bertz CT molecular complexity index is 690. The van der Waals surface area contributed by atoms with E-state index in [1.807, 2.05) is 31.3 Å². The maximum Gasteiger partial charge on any atom is 0.165 e. The van der Waals surface area contributed by atoms with Gasteiger partial charge in [0.05, 0.1) is 26.0 Å². The van der Waals surface area contributed by atoms with Gasteiger partial charge in [0, 0.05) is 18.3 Å². The zero-order valence-corrected chi connectivity index (χ0v) is 14.7. The van der Waals surface area contributed by atoms with E-state index >= 15 is 0 Å². The van der Waals surface area contributed by atoms with Gasteiger partial charge in [-0.05, 0) is 38.4 Å². The lowest BCUT2D eigenvalue weighted by molar-refractivity contribution is 0.135. The lowest BCUT2D eigenvalue weighted by Gasteiger charge is -2.35. The highest BCUT2D eigenvalue weighted by Gasteiger charge is 2.26. The molecule has 0 aliphatic carbocycles. The summed E-state index contributed by atoms with van der Waals surface area (Å²) in [5.41, 5.74) is 2.26. The molecule has 0 radical (unpaired) electrons. The molecule has 5 nitrogen and oxygen atoms in total. The molecular formula is C19H25N3O2. The summed E-state index contributed by atoms with van der Waals surface area (Å²) in [5.74, 6) is 2.43. The summed E-state index contributed by atoms with van der Waals surface area (Å²) in [6.45, 7) is 3.84. The summed E-state index contributed by atoms with van der Waals surface area (Å²) in [6, 6.07) is 8.43. The Kier molecular flexibility index (Phi) is 5.30. The third-order valence-electron chi connectivity index (χ3n) is 4.61. The van der Waals surface area contributed by atoms with Crippen LogP contribution in [0.25, 0.3) is 0 Å². The summed E-state index contributed by atoms with van der Waals surface area (Å²) in [6.07, 6.45) is 5.44. The van der Waals surface area contributed by atoms with Gasteiger partial charge in [0.25, 0.3) is 0 Å². The van der Waals surface area contributed by atoms with Crippen molar-refractivity contribution >= 4 is 0 Å². The molecule has 1 fully saturated rings. The predicted molar refractivity (Wildman–Crippen MR) is 93.3 cm³/mol. The number of nitrogens with zero attached hydrogens (tertiary/aromatic N) is 3.